The molecule has 1 aliphatic rings. The number of nitrogens with zero attached hydrogens (tertiary/aromatic N) is 2. The highest BCUT2D eigenvalue weighted by Gasteiger charge is 2.37. The topological polar surface area (TPSA) is 25.8 Å². The number of hydrogen-bond acceptors (Lipinski definition) is 2. The van der Waals surface area contributed by atoms with Crippen LogP contribution in [0.2, 0.25) is 0 Å². The summed E-state index contributed by atoms with van der Waals surface area (Å²) in [5, 5.41) is 4.98. The maximum Gasteiger partial charge on any atom is 0.160 e. The molecule has 278 valence electrons. The van der Waals surface area contributed by atoms with E-state index < -0.39 is 0 Å². The van der Waals surface area contributed by atoms with Crippen molar-refractivity contribution < 1.29 is 0 Å². The first-order valence-corrected chi connectivity index (χ1v) is 20.4. The van der Waals surface area contributed by atoms with Gasteiger partial charge in [-0.25, -0.2) is 9.97 Å². The number of rotatable bonds is 6. The molecule has 2 nitrogen and oxygen atoms in total. The summed E-state index contributed by atoms with van der Waals surface area (Å²) < 4.78 is 0. The summed E-state index contributed by atoms with van der Waals surface area (Å²) in [4.78, 5) is 10.4. The third-order valence-corrected chi connectivity index (χ3v) is 12.3. The van der Waals surface area contributed by atoms with Gasteiger partial charge in [0.05, 0.1) is 11.4 Å². The molecule has 1 aromatic heterocycles. The SMILES string of the molecule is CC1(C)c2cc(-c3cccc(-c4ccc(-c5cc(-c6ccc(-c7ccccc7)cc6)nc(-c6ccccc6)n5)c5ccccc45)c3)ccc2-c2ccc3ccccc3c21. The van der Waals surface area contributed by atoms with E-state index in [-0.39, 0.29) is 5.41 Å². The molecule has 0 N–H and O–H groups in total. The van der Waals surface area contributed by atoms with Crippen LogP contribution in [0, 0.1) is 0 Å². The van der Waals surface area contributed by atoms with E-state index in [0.29, 0.717) is 5.82 Å². The fourth-order valence-corrected chi connectivity index (χ4v) is 9.33. The number of aromatic nitrogens is 2. The predicted molar refractivity (Wildman–Crippen MR) is 247 cm³/mol. The summed E-state index contributed by atoms with van der Waals surface area (Å²) in [6.45, 7) is 4.76. The molecule has 1 heterocycles. The van der Waals surface area contributed by atoms with Crippen molar-refractivity contribution in [2.45, 2.75) is 19.3 Å². The molecular formula is C57H40N2. The molecule has 0 fully saturated rings. The van der Waals surface area contributed by atoms with Crippen LogP contribution in [0.5, 0.6) is 0 Å². The van der Waals surface area contributed by atoms with Crippen LogP contribution in [-0.2, 0) is 5.41 Å². The van der Waals surface area contributed by atoms with Gasteiger partial charge >= 0.3 is 0 Å². The van der Waals surface area contributed by atoms with E-state index in [2.05, 4.69) is 202 Å². The number of fused-ring (bicyclic) bond motifs is 6. The Morgan fingerprint density at radius 3 is 1.63 bits per heavy atom. The summed E-state index contributed by atoms with van der Waals surface area (Å²) in [5.74, 6) is 0.708. The summed E-state index contributed by atoms with van der Waals surface area (Å²) in [6, 6.07) is 74.3. The molecule has 0 atom stereocenters. The molecule has 9 aromatic carbocycles. The quantitative estimate of drug-likeness (QED) is 0.169. The molecular weight excluding hydrogens is 713 g/mol. The molecule has 2 heteroatoms. The highest BCUT2D eigenvalue weighted by Crippen LogP contribution is 2.52. The largest absolute Gasteiger partial charge is 0.228 e. The van der Waals surface area contributed by atoms with Crippen molar-refractivity contribution >= 4 is 21.5 Å². The van der Waals surface area contributed by atoms with Gasteiger partial charge in [-0.2, -0.15) is 0 Å². The first kappa shape index (κ1) is 34.8. The van der Waals surface area contributed by atoms with Gasteiger partial charge < -0.3 is 0 Å². The first-order valence-electron chi connectivity index (χ1n) is 20.4. The zero-order valence-corrected chi connectivity index (χ0v) is 33.0. The Hall–Kier alpha value is -7.42. The van der Waals surface area contributed by atoms with E-state index in [1.165, 1.54) is 71.8 Å². The third kappa shape index (κ3) is 5.96. The van der Waals surface area contributed by atoms with Crippen LogP contribution >= 0.6 is 0 Å². The Kier molecular flexibility index (Phi) is 8.20. The monoisotopic (exact) mass is 752 g/mol. The van der Waals surface area contributed by atoms with Crippen molar-refractivity contribution in [2.24, 2.45) is 0 Å². The lowest BCUT2D eigenvalue weighted by atomic mass is 9.79. The standard InChI is InChI=1S/C57H40N2/c1-57(2)52-35-43(29-30-49(52)51-31-28-39-16-9-10-21-46(39)55(51)57)42-19-13-20-44(34-42)45-32-33-50(48-23-12-11-22-47(45)48)54-36-53(58-56(59-54)41-17-7-4-8-18-41)40-26-24-38(25-27-40)37-14-5-3-6-15-37/h3-36H,1-2H3. The Labute approximate surface area is 345 Å². The van der Waals surface area contributed by atoms with Crippen LogP contribution in [0.25, 0.3) is 100.0 Å². The van der Waals surface area contributed by atoms with Crippen molar-refractivity contribution in [3.05, 3.63) is 217 Å². The van der Waals surface area contributed by atoms with Crippen molar-refractivity contribution in [2.75, 3.05) is 0 Å². The zero-order valence-electron chi connectivity index (χ0n) is 33.0. The van der Waals surface area contributed by atoms with Crippen molar-refractivity contribution in [1.29, 1.82) is 0 Å². The van der Waals surface area contributed by atoms with Gasteiger partial charge in [-0.1, -0.05) is 202 Å². The maximum absolute atomic E-state index is 5.23. The maximum atomic E-state index is 5.23. The average molecular weight is 753 g/mol. The Morgan fingerprint density at radius 1 is 0.322 bits per heavy atom. The van der Waals surface area contributed by atoms with Gasteiger partial charge in [0.15, 0.2) is 5.82 Å². The van der Waals surface area contributed by atoms with E-state index in [9.17, 15) is 0 Å². The van der Waals surface area contributed by atoms with Crippen LogP contribution in [-0.4, -0.2) is 9.97 Å². The molecule has 0 aliphatic heterocycles. The van der Waals surface area contributed by atoms with E-state index in [4.69, 9.17) is 9.97 Å². The second-order valence-corrected chi connectivity index (χ2v) is 16.2. The molecule has 0 amide bonds. The van der Waals surface area contributed by atoms with Crippen molar-refractivity contribution in [1.82, 2.24) is 9.97 Å². The van der Waals surface area contributed by atoms with Crippen LogP contribution in [0.1, 0.15) is 25.0 Å². The van der Waals surface area contributed by atoms with Crippen LogP contribution < -0.4 is 0 Å². The second-order valence-electron chi connectivity index (χ2n) is 16.2. The fraction of sp³-hybridized carbons (Fsp3) is 0.0526. The van der Waals surface area contributed by atoms with Crippen molar-refractivity contribution in [3.8, 4) is 78.4 Å². The molecule has 10 aromatic rings. The van der Waals surface area contributed by atoms with Crippen molar-refractivity contribution in [3.63, 3.8) is 0 Å². The minimum absolute atomic E-state index is 0.113. The lowest BCUT2D eigenvalue weighted by molar-refractivity contribution is 0.666. The minimum Gasteiger partial charge on any atom is -0.228 e. The summed E-state index contributed by atoms with van der Waals surface area (Å²) in [6.07, 6.45) is 0. The van der Waals surface area contributed by atoms with Crippen LogP contribution in [0.15, 0.2) is 206 Å². The van der Waals surface area contributed by atoms with Gasteiger partial charge in [-0.3, -0.25) is 0 Å². The summed E-state index contributed by atoms with van der Waals surface area (Å²) >= 11 is 0. The van der Waals surface area contributed by atoms with Gasteiger partial charge in [-0.05, 0) is 95.4 Å². The Morgan fingerprint density at radius 2 is 0.847 bits per heavy atom. The molecule has 0 saturated heterocycles. The molecule has 0 radical (unpaired) electrons. The Bertz CT molecular complexity index is 3220. The average Bonchev–Trinajstić information content (AvgIpc) is 3.54. The third-order valence-electron chi connectivity index (χ3n) is 12.3. The fourth-order valence-electron chi connectivity index (χ4n) is 9.33. The molecule has 0 unspecified atom stereocenters. The number of benzene rings is 9. The minimum atomic E-state index is -0.113. The second kappa shape index (κ2) is 13.9. The predicted octanol–water partition coefficient (Wildman–Crippen LogP) is 15.1. The summed E-state index contributed by atoms with van der Waals surface area (Å²) in [7, 11) is 0. The zero-order chi connectivity index (χ0) is 39.5. The van der Waals surface area contributed by atoms with Gasteiger partial charge in [-0.15, -0.1) is 0 Å². The first-order chi connectivity index (χ1) is 29.0. The molecule has 0 bridgehead atoms. The van der Waals surface area contributed by atoms with Crippen LogP contribution in [0.4, 0.5) is 0 Å². The highest BCUT2D eigenvalue weighted by molar-refractivity contribution is 6.05. The van der Waals surface area contributed by atoms with E-state index in [1.807, 2.05) is 18.2 Å². The molecule has 11 rings (SSSR count). The normalized spacial score (nSPS) is 12.7. The lowest BCUT2D eigenvalue weighted by Crippen LogP contribution is -2.15. The van der Waals surface area contributed by atoms with E-state index in [0.717, 1.165) is 33.5 Å². The molecule has 59 heavy (non-hydrogen) atoms. The van der Waals surface area contributed by atoms with E-state index >= 15 is 0 Å². The summed E-state index contributed by atoms with van der Waals surface area (Å²) in [5.41, 5.74) is 17.5. The van der Waals surface area contributed by atoms with Gasteiger partial charge in [0, 0.05) is 22.1 Å². The molecule has 0 saturated carbocycles. The lowest BCUT2D eigenvalue weighted by Gasteiger charge is -2.23. The van der Waals surface area contributed by atoms with Gasteiger partial charge in [0.25, 0.3) is 0 Å². The van der Waals surface area contributed by atoms with Crippen LogP contribution in [0.3, 0.4) is 0 Å². The molecule has 1 aliphatic carbocycles. The number of hydrogen-bond donors (Lipinski definition) is 0. The Balaban J connectivity index is 0.991. The van der Waals surface area contributed by atoms with E-state index in [1.54, 1.807) is 0 Å². The van der Waals surface area contributed by atoms with Gasteiger partial charge in [0.1, 0.15) is 0 Å². The smallest absolute Gasteiger partial charge is 0.160 e. The molecule has 0 spiro atoms. The highest BCUT2D eigenvalue weighted by atomic mass is 14.9. The van der Waals surface area contributed by atoms with Gasteiger partial charge in [0.2, 0.25) is 0 Å².